The first-order valence-electron chi connectivity index (χ1n) is 7.49. The molecule has 3 rings (SSSR count). The standard InChI is InChI=1S/C18H19BrN2O/c19-16-6-7-18(22)15(10-16)11-20-17-8-9-21(13-17)12-14-4-2-1-3-5-14/h1-7,10-11,17,22H,8-9,12-13H2/t17-/m1/s1. The molecule has 2 aromatic rings. The van der Waals surface area contributed by atoms with Crippen LogP contribution in [0.3, 0.4) is 0 Å². The lowest BCUT2D eigenvalue weighted by Gasteiger charge is -2.14. The summed E-state index contributed by atoms with van der Waals surface area (Å²) in [6.07, 6.45) is 2.86. The second-order valence-electron chi connectivity index (χ2n) is 5.64. The molecule has 1 heterocycles. The number of hydrogen-bond donors (Lipinski definition) is 1. The van der Waals surface area contributed by atoms with Gasteiger partial charge in [0.2, 0.25) is 0 Å². The Balaban J connectivity index is 1.59. The summed E-state index contributed by atoms with van der Waals surface area (Å²) in [4.78, 5) is 7.07. The van der Waals surface area contributed by atoms with E-state index in [0.29, 0.717) is 6.04 Å². The lowest BCUT2D eigenvalue weighted by molar-refractivity contribution is 0.327. The second kappa shape index (κ2) is 7.07. The van der Waals surface area contributed by atoms with Crippen LogP contribution in [0, 0.1) is 0 Å². The van der Waals surface area contributed by atoms with Gasteiger partial charge in [0.05, 0.1) is 6.04 Å². The highest BCUT2D eigenvalue weighted by Crippen LogP contribution is 2.21. The van der Waals surface area contributed by atoms with E-state index in [1.54, 1.807) is 12.3 Å². The fourth-order valence-corrected chi connectivity index (χ4v) is 3.11. The van der Waals surface area contributed by atoms with Crippen molar-refractivity contribution in [3.63, 3.8) is 0 Å². The highest BCUT2D eigenvalue weighted by Gasteiger charge is 2.21. The molecule has 0 radical (unpaired) electrons. The smallest absolute Gasteiger partial charge is 0.124 e. The van der Waals surface area contributed by atoms with E-state index >= 15 is 0 Å². The Morgan fingerprint density at radius 2 is 2.05 bits per heavy atom. The van der Waals surface area contributed by atoms with Crippen LogP contribution >= 0.6 is 15.9 Å². The fraction of sp³-hybridized carbons (Fsp3) is 0.278. The van der Waals surface area contributed by atoms with Crippen LogP contribution in [-0.4, -0.2) is 35.4 Å². The van der Waals surface area contributed by atoms with Crippen molar-refractivity contribution in [2.75, 3.05) is 13.1 Å². The summed E-state index contributed by atoms with van der Waals surface area (Å²) in [5.41, 5.74) is 2.10. The summed E-state index contributed by atoms with van der Waals surface area (Å²) in [7, 11) is 0. The Labute approximate surface area is 139 Å². The van der Waals surface area contributed by atoms with E-state index in [-0.39, 0.29) is 5.75 Å². The molecule has 1 saturated heterocycles. The summed E-state index contributed by atoms with van der Waals surface area (Å²) in [5, 5.41) is 9.83. The van der Waals surface area contributed by atoms with Gasteiger partial charge in [-0.05, 0) is 30.2 Å². The summed E-state index contributed by atoms with van der Waals surface area (Å²) in [5.74, 6) is 0.270. The number of likely N-dealkylation sites (tertiary alicyclic amines) is 1. The Bertz CT molecular complexity index is 657. The van der Waals surface area contributed by atoms with Gasteiger partial charge >= 0.3 is 0 Å². The molecule has 1 aliphatic heterocycles. The summed E-state index contributed by atoms with van der Waals surface area (Å²) in [6, 6.07) is 16.2. The first-order chi connectivity index (χ1) is 10.7. The van der Waals surface area contributed by atoms with Gasteiger partial charge in [0.1, 0.15) is 5.75 Å². The van der Waals surface area contributed by atoms with E-state index in [1.165, 1.54) is 5.56 Å². The van der Waals surface area contributed by atoms with Crippen LogP contribution < -0.4 is 0 Å². The highest BCUT2D eigenvalue weighted by atomic mass is 79.9. The number of nitrogens with zero attached hydrogens (tertiary/aromatic N) is 2. The molecule has 4 heteroatoms. The van der Waals surface area contributed by atoms with Gasteiger partial charge in [-0.1, -0.05) is 46.3 Å². The van der Waals surface area contributed by atoms with Gasteiger partial charge in [-0.2, -0.15) is 0 Å². The third-order valence-corrected chi connectivity index (χ3v) is 4.40. The molecule has 0 unspecified atom stereocenters. The quantitative estimate of drug-likeness (QED) is 0.842. The first kappa shape index (κ1) is 15.3. The number of phenols is 1. The molecular formula is C18H19BrN2O. The van der Waals surface area contributed by atoms with Crippen molar-refractivity contribution in [3.05, 3.63) is 64.1 Å². The molecule has 0 saturated carbocycles. The third kappa shape index (κ3) is 3.96. The summed E-state index contributed by atoms with van der Waals surface area (Å²) >= 11 is 3.42. The van der Waals surface area contributed by atoms with Crippen molar-refractivity contribution in [1.82, 2.24) is 4.90 Å². The summed E-state index contributed by atoms with van der Waals surface area (Å²) in [6.45, 7) is 3.02. The Morgan fingerprint density at radius 1 is 1.23 bits per heavy atom. The Hall–Kier alpha value is -1.65. The summed E-state index contributed by atoms with van der Waals surface area (Å²) < 4.78 is 0.948. The molecule has 22 heavy (non-hydrogen) atoms. The van der Waals surface area contributed by atoms with Crippen molar-refractivity contribution in [1.29, 1.82) is 0 Å². The van der Waals surface area contributed by atoms with Crippen LogP contribution in [-0.2, 0) is 6.54 Å². The molecule has 1 atom stereocenters. The Kier molecular flexibility index (Phi) is 4.90. The van der Waals surface area contributed by atoms with Crippen molar-refractivity contribution in [2.45, 2.75) is 19.0 Å². The molecule has 3 nitrogen and oxygen atoms in total. The predicted molar refractivity (Wildman–Crippen MR) is 93.5 cm³/mol. The van der Waals surface area contributed by atoms with Crippen LogP contribution in [0.1, 0.15) is 17.5 Å². The van der Waals surface area contributed by atoms with E-state index in [1.807, 2.05) is 18.2 Å². The fourth-order valence-electron chi connectivity index (χ4n) is 2.73. The molecule has 1 N–H and O–H groups in total. The average molecular weight is 359 g/mol. The maximum absolute atomic E-state index is 9.83. The van der Waals surface area contributed by atoms with Gasteiger partial charge in [-0.15, -0.1) is 0 Å². The lowest BCUT2D eigenvalue weighted by atomic mass is 10.2. The van der Waals surface area contributed by atoms with Crippen molar-refractivity contribution in [2.24, 2.45) is 4.99 Å². The SMILES string of the molecule is Oc1ccc(Br)cc1C=N[C@@H]1CCN(Cc2ccccc2)C1. The molecule has 0 amide bonds. The molecule has 1 aliphatic rings. The van der Waals surface area contributed by atoms with Gasteiger partial charge in [0.25, 0.3) is 0 Å². The van der Waals surface area contributed by atoms with E-state index in [4.69, 9.17) is 0 Å². The molecule has 2 aromatic carbocycles. The normalized spacial score (nSPS) is 19.0. The number of aliphatic imine (C=N–C) groups is 1. The zero-order valence-corrected chi connectivity index (χ0v) is 13.9. The zero-order chi connectivity index (χ0) is 15.4. The van der Waals surface area contributed by atoms with Crippen LogP contribution in [0.4, 0.5) is 0 Å². The topological polar surface area (TPSA) is 35.8 Å². The minimum Gasteiger partial charge on any atom is -0.507 e. The highest BCUT2D eigenvalue weighted by molar-refractivity contribution is 9.10. The van der Waals surface area contributed by atoms with Gasteiger partial charge < -0.3 is 5.11 Å². The molecule has 0 spiro atoms. The minimum atomic E-state index is 0.270. The maximum Gasteiger partial charge on any atom is 0.124 e. The van der Waals surface area contributed by atoms with Crippen LogP contribution in [0.2, 0.25) is 0 Å². The van der Waals surface area contributed by atoms with Crippen LogP contribution in [0.5, 0.6) is 5.75 Å². The second-order valence-corrected chi connectivity index (χ2v) is 6.56. The lowest BCUT2D eigenvalue weighted by Crippen LogP contribution is -2.21. The number of rotatable bonds is 4. The molecule has 0 aromatic heterocycles. The molecule has 114 valence electrons. The van der Waals surface area contributed by atoms with Gasteiger partial charge in [-0.25, -0.2) is 0 Å². The average Bonchev–Trinajstić information content (AvgIpc) is 2.97. The Morgan fingerprint density at radius 3 is 2.86 bits per heavy atom. The number of benzene rings is 2. The van der Waals surface area contributed by atoms with E-state index in [2.05, 4.69) is 50.1 Å². The van der Waals surface area contributed by atoms with Gasteiger partial charge in [-0.3, -0.25) is 9.89 Å². The van der Waals surface area contributed by atoms with E-state index in [0.717, 1.165) is 36.1 Å². The predicted octanol–water partition coefficient (Wildman–Crippen LogP) is 3.85. The van der Waals surface area contributed by atoms with Crippen molar-refractivity contribution in [3.8, 4) is 5.75 Å². The van der Waals surface area contributed by atoms with Gasteiger partial charge in [0, 0.05) is 35.9 Å². The third-order valence-electron chi connectivity index (χ3n) is 3.91. The van der Waals surface area contributed by atoms with Gasteiger partial charge in [0.15, 0.2) is 0 Å². The van der Waals surface area contributed by atoms with Crippen molar-refractivity contribution < 1.29 is 5.11 Å². The molecular weight excluding hydrogens is 340 g/mol. The number of halogens is 1. The van der Waals surface area contributed by atoms with Crippen LogP contribution in [0.25, 0.3) is 0 Å². The maximum atomic E-state index is 9.83. The largest absolute Gasteiger partial charge is 0.507 e. The minimum absolute atomic E-state index is 0.270. The molecule has 0 aliphatic carbocycles. The first-order valence-corrected chi connectivity index (χ1v) is 8.28. The zero-order valence-electron chi connectivity index (χ0n) is 12.3. The number of hydrogen-bond acceptors (Lipinski definition) is 3. The molecule has 1 fully saturated rings. The van der Waals surface area contributed by atoms with E-state index in [9.17, 15) is 5.11 Å². The monoisotopic (exact) mass is 358 g/mol. The number of aromatic hydroxyl groups is 1. The van der Waals surface area contributed by atoms with E-state index < -0.39 is 0 Å². The van der Waals surface area contributed by atoms with Crippen LogP contribution in [0.15, 0.2) is 58.0 Å². The number of phenolic OH excluding ortho intramolecular Hbond substituents is 1. The molecule has 0 bridgehead atoms. The van der Waals surface area contributed by atoms with Crippen molar-refractivity contribution >= 4 is 22.1 Å².